The lowest BCUT2D eigenvalue weighted by molar-refractivity contribution is -0.107. The van der Waals surface area contributed by atoms with Crippen LogP contribution in [0.15, 0.2) is 24.5 Å². The number of anilines is 2. The Labute approximate surface area is 96.9 Å². The zero-order valence-corrected chi connectivity index (χ0v) is 9.33. The van der Waals surface area contributed by atoms with E-state index < -0.39 is 0 Å². The predicted octanol–water partition coefficient (Wildman–Crippen LogP) is 1.72. The first-order valence-electron chi connectivity index (χ1n) is 4.74. The van der Waals surface area contributed by atoms with Crippen LogP contribution in [-0.4, -0.2) is 11.3 Å². The van der Waals surface area contributed by atoms with Crippen molar-refractivity contribution in [1.29, 1.82) is 0 Å². The van der Waals surface area contributed by atoms with Gasteiger partial charge in [0.05, 0.1) is 17.6 Å². The Morgan fingerprint density at radius 3 is 2.88 bits per heavy atom. The molecular formula is C11H11N3OS. The Morgan fingerprint density at radius 1 is 1.31 bits per heavy atom. The van der Waals surface area contributed by atoms with Crippen molar-refractivity contribution in [3.8, 4) is 10.4 Å². The second kappa shape index (κ2) is 4.32. The fraction of sp³-hybridized carbons (Fsp3) is 0.0909. The predicted molar refractivity (Wildman–Crippen MR) is 66.1 cm³/mol. The number of aldehydes is 1. The van der Waals surface area contributed by atoms with Gasteiger partial charge in [0, 0.05) is 27.9 Å². The monoisotopic (exact) mass is 233 g/mol. The summed E-state index contributed by atoms with van der Waals surface area (Å²) in [6, 6.07) is 3.84. The summed E-state index contributed by atoms with van der Waals surface area (Å²) in [6.07, 6.45) is 4.53. The molecule has 0 spiro atoms. The summed E-state index contributed by atoms with van der Waals surface area (Å²) in [7, 11) is 0. The molecular weight excluding hydrogens is 222 g/mol. The van der Waals surface area contributed by atoms with Crippen molar-refractivity contribution in [3.05, 3.63) is 29.4 Å². The number of aromatic nitrogens is 1. The third-order valence-corrected chi connectivity index (χ3v) is 3.37. The third kappa shape index (κ3) is 1.90. The second-order valence-electron chi connectivity index (χ2n) is 3.33. The van der Waals surface area contributed by atoms with Crippen LogP contribution in [0.25, 0.3) is 10.4 Å². The van der Waals surface area contributed by atoms with E-state index in [9.17, 15) is 4.79 Å². The molecule has 0 aliphatic carbocycles. The average Bonchev–Trinajstić information content (AvgIpc) is 2.71. The summed E-state index contributed by atoms with van der Waals surface area (Å²) in [4.78, 5) is 16.4. The minimum absolute atomic E-state index is 0.431. The summed E-state index contributed by atoms with van der Waals surface area (Å²) < 4.78 is 0. The van der Waals surface area contributed by atoms with Crippen LogP contribution >= 0.6 is 11.3 Å². The molecule has 82 valence electrons. The zero-order valence-electron chi connectivity index (χ0n) is 8.51. The number of thiophene rings is 1. The van der Waals surface area contributed by atoms with Gasteiger partial charge in [-0.1, -0.05) is 0 Å². The summed E-state index contributed by atoms with van der Waals surface area (Å²) >= 11 is 1.53. The van der Waals surface area contributed by atoms with Gasteiger partial charge in [0.2, 0.25) is 0 Å². The molecule has 0 saturated carbocycles. The molecule has 2 heterocycles. The molecule has 4 N–H and O–H groups in total. The maximum Gasteiger partial charge on any atom is 0.125 e. The van der Waals surface area contributed by atoms with E-state index in [-0.39, 0.29) is 0 Å². The van der Waals surface area contributed by atoms with E-state index in [1.165, 1.54) is 17.5 Å². The second-order valence-corrected chi connectivity index (χ2v) is 4.50. The molecule has 0 atom stereocenters. The highest BCUT2D eigenvalue weighted by Crippen LogP contribution is 2.33. The summed E-state index contributed by atoms with van der Waals surface area (Å²) in [5, 5.41) is 0. The number of nitrogen functional groups attached to an aromatic ring is 2. The van der Waals surface area contributed by atoms with Crippen LogP contribution in [0.4, 0.5) is 11.4 Å². The van der Waals surface area contributed by atoms with Crippen molar-refractivity contribution >= 4 is 29.0 Å². The molecule has 0 amide bonds. The summed E-state index contributed by atoms with van der Waals surface area (Å²) in [5.74, 6) is 0. The molecule has 0 bridgehead atoms. The van der Waals surface area contributed by atoms with E-state index in [0.29, 0.717) is 17.8 Å². The molecule has 4 nitrogen and oxygen atoms in total. The molecule has 0 aliphatic heterocycles. The lowest BCUT2D eigenvalue weighted by atomic mass is 10.2. The Morgan fingerprint density at radius 2 is 2.12 bits per heavy atom. The van der Waals surface area contributed by atoms with Crippen LogP contribution in [0.2, 0.25) is 0 Å². The Hall–Kier alpha value is -1.88. The minimum atomic E-state index is 0.431. The van der Waals surface area contributed by atoms with E-state index in [1.54, 1.807) is 6.20 Å². The van der Waals surface area contributed by atoms with Crippen LogP contribution in [-0.2, 0) is 11.2 Å². The van der Waals surface area contributed by atoms with Crippen LogP contribution in [0, 0.1) is 0 Å². The van der Waals surface area contributed by atoms with E-state index in [2.05, 4.69) is 4.98 Å². The van der Waals surface area contributed by atoms with Crippen molar-refractivity contribution in [2.75, 3.05) is 11.5 Å². The molecule has 0 aliphatic rings. The normalized spacial score (nSPS) is 10.2. The van der Waals surface area contributed by atoms with E-state index in [4.69, 9.17) is 11.5 Å². The number of pyridine rings is 1. The van der Waals surface area contributed by atoms with Gasteiger partial charge in [-0.25, -0.2) is 0 Å². The first-order chi connectivity index (χ1) is 7.72. The summed E-state index contributed by atoms with van der Waals surface area (Å²) in [5.41, 5.74) is 13.4. The highest BCUT2D eigenvalue weighted by atomic mass is 32.1. The average molecular weight is 233 g/mol. The number of hydrogen-bond donors (Lipinski definition) is 2. The first-order valence-corrected chi connectivity index (χ1v) is 5.55. The number of nitrogens with zero attached hydrogens (tertiary/aromatic N) is 1. The third-order valence-electron chi connectivity index (χ3n) is 2.23. The molecule has 0 fully saturated rings. The van der Waals surface area contributed by atoms with E-state index in [0.717, 1.165) is 21.6 Å². The number of nitrogens with two attached hydrogens (primary N) is 2. The van der Waals surface area contributed by atoms with E-state index >= 15 is 0 Å². The van der Waals surface area contributed by atoms with Gasteiger partial charge in [0.15, 0.2) is 0 Å². The lowest BCUT2D eigenvalue weighted by Crippen LogP contribution is -1.97. The molecule has 2 aromatic rings. The highest BCUT2D eigenvalue weighted by Gasteiger charge is 2.08. The van der Waals surface area contributed by atoms with Crippen molar-refractivity contribution in [2.24, 2.45) is 0 Å². The Balaban J connectivity index is 2.42. The number of hydrogen-bond acceptors (Lipinski definition) is 5. The van der Waals surface area contributed by atoms with Crippen molar-refractivity contribution in [2.45, 2.75) is 6.42 Å². The molecule has 5 heteroatoms. The fourth-order valence-electron chi connectivity index (χ4n) is 1.40. The van der Waals surface area contributed by atoms with Gasteiger partial charge in [-0.15, -0.1) is 11.3 Å². The van der Waals surface area contributed by atoms with Gasteiger partial charge in [-0.2, -0.15) is 0 Å². The Kier molecular flexibility index (Phi) is 2.87. The maximum absolute atomic E-state index is 10.4. The molecule has 0 saturated heterocycles. The molecule has 0 unspecified atom stereocenters. The number of carbonyl (C=O) groups excluding carboxylic acids is 1. The smallest absolute Gasteiger partial charge is 0.125 e. The van der Waals surface area contributed by atoms with Gasteiger partial charge >= 0.3 is 0 Å². The van der Waals surface area contributed by atoms with Crippen molar-refractivity contribution in [3.63, 3.8) is 0 Å². The van der Waals surface area contributed by atoms with Crippen molar-refractivity contribution in [1.82, 2.24) is 4.98 Å². The topological polar surface area (TPSA) is 82.0 Å². The molecule has 2 aromatic heterocycles. The number of carbonyl (C=O) groups is 1. The quantitative estimate of drug-likeness (QED) is 0.791. The SMILES string of the molecule is Nc1cncc(-c2ccc(CC=O)s2)c1N. The molecule has 0 radical (unpaired) electrons. The fourth-order valence-corrected chi connectivity index (χ4v) is 2.38. The molecule has 2 rings (SSSR count). The van der Waals surface area contributed by atoms with Gasteiger partial charge in [-0.3, -0.25) is 4.98 Å². The van der Waals surface area contributed by atoms with Gasteiger partial charge < -0.3 is 16.3 Å². The largest absolute Gasteiger partial charge is 0.396 e. The van der Waals surface area contributed by atoms with Crippen LogP contribution < -0.4 is 11.5 Å². The van der Waals surface area contributed by atoms with E-state index in [1.807, 2.05) is 12.1 Å². The molecule has 16 heavy (non-hydrogen) atoms. The van der Waals surface area contributed by atoms with Gasteiger partial charge in [0.1, 0.15) is 6.29 Å². The van der Waals surface area contributed by atoms with Crippen molar-refractivity contribution < 1.29 is 4.79 Å². The lowest BCUT2D eigenvalue weighted by Gasteiger charge is -2.04. The van der Waals surface area contributed by atoms with Crippen LogP contribution in [0.5, 0.6) is 0 Å². The standard InChI is InChI=1S/C11H11N3OS/c12-9-6-14-5-8(11(9)13)10-2-1-7(16-10)3-4-15/h1-2,4-6H,3,12H2,(H2,13,14). The van der Waals surface area contributed by atoms with Crippen LogP contribution in [0.3, 0.4) is 0 Å². The van der Waals surface area contributed by atoms with Gasteiger partial charge in [-0.05, 0) is 12.1 Å². The van der Waals surface area contributed by atoms with Gasteiger partial charge in [0.25, 0.3) is 0 Å². The highest BCUT2D eigenvalue weighted by molar-refractivity contribution is 7.15. The number of rotatable bonds is 3. The first kappa shape index (κ1) is 10.6. The Bertz CT molecular complexity index is 522. The molecule has 0 aromatic carbocycles. The van der Waals surface area contributed by atoms with Crippen LogP contribution in [0.1, 0.15) is 4.88 Å². The maximum atomic E-state index is 10.4. The summed E-state index contributed by atoms with van der Waals surface area (Å²) in [6.45, 7) is 0. The zero-order chi connectivity index (χ0) is 11.5. The minimum Gasteiger partial charge on any atom is -0.396 e.